The Morgan fingerprint density at radius 2 is 2.03 bits per heavy atom. The van der Waals surface area contributed by atoms with Gasteiger partial charge < -0.3 is 10.1 Å². The van der Waals surface area contributed by atoms with Crippen LogP contribution in [0.15, 0.2) is 42.7 Å². The van der Waals surface area contributed by atoms with Gasteiger partial charge in [-0.15, -0.1) is 0 Å². The molecule has 1 unspecified atom stereocenters. The highest BCUT2D eigenvalue weighted by Crippen LogP contribution is 2.33. The van der Waals surface area contributed by atoms with Gasteiger partial charge in [-0.2, -0.15) is 0 Å². The van der Waals surface area contributed by atoms with Crippen LogP contribution in [0.2, 0.25) is 0 Å². The van der Waals surface area contributed by atoms with Gasteiger partial charge in [0, 0.05) is 37.6 Å². The molecule has 1 aliphatic rings. The molecule has 1 fully saturated rings. The van der Waals surface area contributed by atoms with Crippen LogP contribution < -0.4 is 5.32 Å². The van der Waals surface area contributed by atoms with Crippen LogP contribution in [0.1, 0.15) is 64.1 Å². The fourth-order valence-electron chi connectivity index (χ4n) is 3.92. The van der Waals surface area contributed by atoms with Gasteiger partial charge >= 0.3 is 6.09 Å². The number of hydrogen-bond acceptors (Lipinski definition) is 4. The van der Waals surface area contributed by atoms with Crippen molar-refractivity contribution in [1.82, 2.24) is 15.2 Å². The summed E-state index contributed by atoms with van der Waals surface area (Å²) in [6, 6.07) is 10.5. The molecule has 0 bridgehead atoms. The first-order valence-corrected chi connectivity index (χ1v) is 11.1. The largest absolute Gasteiger partial charge is 0.444 e. The van der Waals surface area contributed by atoms with Crippen molar-refractivity contribution in [3.05, 3.63) is 53.9 Å². The van der Waals surface area contributed by atoms with E-state index in [0.717, 1.165) is 29.7 Å². The average Bonchev–Trinajstić information content (AvgIpc) is 2.73. The first-order valence-electron chi connectivity index (χ1n) is 11.1. The summed E-state index contributed by atoms with van der Waals surface area (Å²) in [6.07, 6.45) is 8.32. The maximum absolute atomic E-state index is 12.9. The highest BCUT2D eigenvalue weighted by atomic mass is 16.6. The molecule has 0 radical (unpaired) electrons. The number of carbonyl (C=O) groups excluding carboxylic acids is 1. The number of rotatable bonds is 6. The minimum atomic E-state index is -0.511. The van der Waals surface area contributed by atoms with E-state index >= 15 is 0 Å². The number of ether oxygens (including phenoxy) is 1. The lowest BCUT2D eigenvalue weighted by Gasteiger charge is -2.38. The number of carbonyl (C=O) groups is 1. The van der Waals surface area contributed by atoms with E-state index in [-0.39, 0.29) is 12.1 Å². The predicted octanol–water partition coefficient (Wildman–Crippen LogP) is 5.36. The smallest absolute Gasteiger partial charge is 0.410 e. The predicted molar refractivity (Wildman–Crippen MR) is 121 cm³/mol. The molecule has 2 aromatic rings. The number of nitrogens with zero attached hydrogens (tertiary/aromatic N) is 2. The molecule has 2 heterocycles. The molecule has 0 aliphatic carbocycles. The Morgan fingerprint density at radius 1 is 1.23 bits per heavy atom. The lowest BCUT2D eigenvalue weighted by molar-refractivity contribution is 0.0118. The highest BCUT2D eigenvalue weighted by Gasteiger charge is 2.32. The third-order valence-corrected chi connectivity index (χ3v) is 5.37. The van der Waals surface area contributed by atoms with Gasteiger partial charge in [-0.1, -0.05) is 44.0 Å². The van der Waals surface area contributed by atoms with Gasteiger partial charge in [0.15, 0.2) is 0 Å². The Labute approximate surface area is 180 Å². The summed E-state index contributed by atoms with van der Waals surface area (Å²) in [5.74, 6) is 0. The number of benzene rings is 1. The summed E-state index contributed by atoms with van der Waals surface area (Å²) >= 11 is 0. The second-order valence-electron chi connectivity index (χ2n) is 9.02. The van der Waals surface area contributed by atoms with Gasteiger partial charge in [0.05, 0.1) is 6.04 Å². The molecule has 1 amide bonds. The topological polar surface area (TPSA) is 54.5 Å². The van der Waals surface area contributed by atoms with Crippen LogP contribution in [-0.2, 0) is 11.2 Å². The first kappa shape index (κ1) is 22.3. The SMILES string of the molecule is CCCCCc1cncc(-c2ccccc2C2CNCCN2C(=O)OC(C)(C)C)c1. The van der Waals surface area contributed by atoms with E-state index in [1.54, 1.807) is 0 Å². The molecule has 1 aromatic heterocycles. The number of pyridine rings is 1. The minimum absolute atomic E-state index is 0.0754. The monoisotopic (exact) mass is 409 g/mol. The second-order valence-corrected chi connectivity index (χ2v) is 9.02. The van der Waals surface area contributed by atoms with E-state index in [4.69, 9.17) is 4.74 Å². The summed E-state index contributed by atoms with van der Waals surface area (Å²) < 4.78 is 5.70. The maximum atomic E-state index is 12.9. The molecule has 162 valence electrons. The van der Waals surface area contributed by atoms with E-state index in [1.807, 2.05) is 44.1 Å². The van der Waals surface area contributed by atoms with Crippen LogP contribution >= 0.6 is 0 Å². The first-order chi connectivity index (χ1) is 14.4. The summed E-state index contributed by atoms with van der Waals surface area (Å²) in [6.45, 7) is 10.1. The van der Waals surface area contributed by atoms with E-state index in [9.17, 15) is 4.79 Å². The molecule has 5 heteroatoms. The lowest BCUT2D eigenvalue weighted by atomic mass is 9.93. The van der Waals surface area contributed by atoms with Crippen molar-refractivity contribution in [2.24, 2.45) is 0 Å². The molecular formula is C25H35N3O2. The van der Waals surface area contributed by atoms with Crippen LogP contribution in [0.25, 0.3) is 11.1 Å². The molecule has 0 saturated carbocycles. The van der Waals surface area contributed by atoms with Crippen LogP contribution in [0, 0.1) is 0 Å². The zero-order chi connectivity index (χ0) is 21.6. The molecule has 3 rings (SSSR count). The van der Waals surface area contributed by atoms with Crippen LogP contribution in [0.3, 0.4) is 0 Å². The molecule has 5 nitrogen and oxygen atoms in total. The molecule has 1 N–H and O–H groups in total. The van der Waals surface area contributed by atoms with E-state index in [2.05, 4.69) is 41.5 Å². The Kier molecular flexibility index (Phi) is 7.48. The van der Waals surface area contributed by atoms with Gasteiger partial charge in [0.2, 0.25) is 0 Å². The molecule has 0 spiro atoms. The van der Waals surface area contributed by atoms with Crippen molar-refractivity contribution >= 4 is 6.09 Å². The summed E-state index contributed by atoms with van der Waals surface area (Å²) in [7, 11) is 0. The minimum Gasteiger partial charge on any atom is -0.444 e. The number of amides is 1. The van der Waals surface area contributed by atoms with Crippen molar-refractivity contribution in [3.63, 3.8) is 0 Å². The number of aromatic nitrogens is 1. The van der Waals surface area contributed by atoms with Crippen molar-refractivity contribution in [3.8, 4) is 11.1 Å². The van der Waals surface area contributed by atoms with Crippen LogP contribution in [0.4, 0.5) is 4.79 Å². The van der Waals surface area contributed by atoms with Gasteiger partial charge in [-0.05, 0) is 56.4 Å². The molecule has 1 aliphatic heterocycles. The molecule has 1 aromatic carbocycles. The Morgan fingerprint density at radius 3 is 2.80 bits per heavy atom. The molecule has 30 heavy (non-hydrogen) atoms. The summed E-state index contributed by atoms with van der Waals surface area (Å²) in [4.78, 5) is 19.3. The van der Waals surface area contributed by atoms with Crippen molar-refractivity contribution < 1.29 is 9.53 Å². The fraction of sp³-hybridized carbons (Fsp3) is 0.520. The van der Waals surface area contributed by atoms with Crippen LogP contribution in [-0.4, -0.2) is 41.2 Å². The van der Waals surface area contributed by atoms with E-state index in [1.165, 1.54) is 24.8 Å². The number of aryl methyl sites for hydroxylation is 1. The Hall–Kier alpha value is -2.40. The summed E-state index contributed by atoms with van der Waals surface area (Å²) in [5.41, 5.74) is 4.12. The Bertz CT molecular complexity index is 844. The van der Waals surface area contributed by atoms with E-state index in [0.29, 0.717) is 13.1 Å². The third kappa shape index (κ3) is 5.82. The number of unbranched alkanes of at least 4 members (excludes halogenated alkanes) is 2. The average molecular weight is 410 g/mol. The van der Waals surface area contributed by atoms with Gasteiger partial charge in [0.25, 0.3) is 0 Å². The van der Waals surface area contributed by atoms with Gasteiger partial charge in [-0.3, -0.25) is 9.88 Å². The summed E-state index contributed by atoms with van der Waals surface area (Å²) in [5, 5.41) is 3.44. The quantitative estimate of drug-likeness (QED) is 0.652. The zero-order valence-electron chi connectivity index (χ0n) is 18.8. The standard InChI is InChI=1S/C25H35N3O2/c1-5-6-7-10-19-15-20(17-27-16-19)21-11-8-9-12-22(21)23-18-26-13-14-28(23)24(29)30-25(2,3)4/h8-9,11-12,15-17,23,26H,5-7,10,13-14,18H2,1-4H3. The van der Waals surface area contributed by atoms with Gasteiger partial charge in [-0.25, -0.2) is 4.79 Å². The second kappa shape index (κ2) is 10.1. The highest BCUT2D eigenvalue weighted by molar-refractivity contribution is 5.72. The molecule has 1 atom stereocenters. The normalized spacial score (nSPS) is 17.1. The number of nitrogens with one attached hydrogen (secondary N) is 1. The number of piperazine rings is 1. The van der Waals surface area contributed by atoms with E-state index < -0.39 is 5.60 Å². The molecule has 1 saturated heterocycles. The third-order valence-electron chi connectivity index (χ3n) is 5.37. The van der Waals surface area contributed by atoms with Crippen molar-refractivity contribution in [2.45, 2.75) is 65.0 Å². The lowest BCUT2D eigenvalue weighted by Crippen LogP contribution is -2.50. The fourth-order valence-corrected chi connectivity index (χ4v) is 3.92. The Balaban J connectivity index is 1.90. The zero-order valence-corrected chi connectivity index (χ0v) is 18.8. The number of hydrogen-bond donors (Lipinski definition) is 1. The maximum Gasteiger partial charge on any atom is 0.410 e. The van der Waals surface area contributed by atoms with Crippen LogP contribution in [0.5, 0.6) is 0 Å². The molecular weight excluding hydrogens is 374 g/mol. The van der Waals surface area contributed by atoms with Crippen molar-refractivity contribution in [2.75, 3.05) is 19.6 Å². The van der Waals surface area contributed by atoms with Crippen molar-refractivity contribution in [1.29, 1.82) is 0 Å². The van der Waals surface area contributed by atoms with Gasteiger partial charge in [0.1, 0.15) is 5.60 Å².